The largest absolute Gasteiger partial charge is 0.393 e. The highest BCUT2D eigenvalue weighted by molar-refractivity contribution is 7.70. The summed E-state index contributed by atoms with van der Waals surface area (Å²) < 4.78 is 40.2. The second-order valence-electron chi connectivity index (χ2n) is 9.45. The lowest BCUT2D eigenvalue weighted by Crippen LogP contribution is -2.52. The van der Waals surface area contributed by atoms with Gasteiger partial charge in [0.05, 0.1) is 38.0 Å². The molecule has 19 heteroatoms. The molecule has 0 bridgehead atoms. The van der Waals surface area contributed by atoms with Crippen LogP contribution in [0.5, 0.6) is 0 Å². The van der Waals surface area contributed by atoms with Gasteiger partial charge < -0.3 is 48.9 Å². The minimum atomic E-state index is -4.90. The summed E-state index contributed by atoms with van der Waals surface area (Å²) in [5, 5.41) is 36.3. The van der Waals surface area contributed by atoms with E-state index in [-0.39, 0.29) is 10.9 Å². The molecule has 5 heterocycles. The van der Waals surface area contributed by atoms with Crippen molar-refractivity contribution in [3.63, 3.8) is 0 Å². The zero-order valence-electron chi connectivity index (χ0n) is 19.1. The number of aliphatic hydroxyl groups is 3. The Morgan fingerprint density at radius 1 is 1.19 bits per heavy atom. The monoisotopic (exact) mass is 585 g/mol. The Morgan fingerprint density at radius 3 is 2.49 bits per heavy atom. The summed E-state index contributed by atoms with van der Waals surface area (Å²) in [7, 11) is -9.69. The van der Waals surface area contributed by atoms with E-state index in [1.165, 1.54) is 6.20 Å². The Morgan fingerprint density at radius 2 is 1.86 bits per heavy atom. The van der Waals surface area contributed by atoms with Crippen molar-refractivity contribution in [3.05, 3.63) is 11.5 Å². The fraction of sp³-hybridized carbons (Fsp3) is 0.722. The standard InChI is InChI=1S/C18H26ClN5O11P2/c19-17-21-14(23-2-9-4-33-5-10(9)3-23)11-1-20-24(15(11)22-17)16-13(26)18(27,7-25)12(35-16)6-34-37(31,32)8-36(28,29)30/h1,9-10,12-13,16,25-27H,2-8H2,(H,31,32)(H2,28,29,30)/t9-,10+,12-,13+,16-,18-/m1/s1. The van der Waals surface area contributed by atoms with Crippen LogP contribution in [0, 0.1) is 11.8 Å². The van der Waals surface area contributed by atoms with Gasteiger partial charge >= 0.3 is 15.2 Å². The van der Waals surface area contributed by atoms with Crippen LogP contribution < -0.4 is 4.90 Å². The van der Waals surface area contributed by atoms with Crippen molar-refractivity contribution in [2.75, 3.05) is 50.3 Å². The Kier molecular flexibility index (Phi) is 7.19. The predicted molar refractivity (Wildman–Crippen MR) is 125 cm³/mol. The molecule has 2 aromatic rings. The second-order valence-corrected chi connectivity index (χ2v) is 13.8. The molecule has 37 heavy (non-hydrogen) atoms. The molecule has 0 saturated carbocycles. The number of hydrogen-bond donors (Lipinski definition) is 6. The summed E-state index contributed by atoms with van der Waals surface area (Å²) in [6, 6.07) is 0. The lowest BCUT2D eigenvalue weighted by atomic mass is 9.93. The van der Waals surface area contributed by atoms with E-state index in [0.29, 0.717) is 49.3 Å². The minimum Gasteiger partial charge on any atom is -0.393 e. The van der Waals surface area contributed by atoms with Crippen LogP contribution in [0.15, 0.2) is 6.20 Å². The normalized spacial score (nSPS) is 33.8. The van der Waals surface area contributed by atoms with Crippen molar-refractivity contribution >= 4 is 43.6 Å². The smallest absolute Gasteiger partial charge is 0.340 e. The Hall–Kier alpha value is -1.26. The van der Waals surface area contributed by atoms with E-state index in [4.69, 9.17) is 35.4 Å². The van der Waals surface area contributed by atoms with Crippen molar-refractivity contribution in [2.45, 2.75) is 24.0 Å². The third kappa shape index (κ3) is 5.19. The maximum atomic E-state index is 12.0. The summed E-state index contributed by atoms with van der Waals surface area (Å²) in [5.74, 6) is -0.221. The van der Waals surface area contributed by atoms with Gasteiger partial charge in [-0.25, -0.2) is 4.68 Å². The highest BCUT2D eigenvalue weighted by Crippen LogP contribution is 2.56. The van der Waals surface area contributed by atoms with Crippen LogP contribution in [0.25, 0.3) is 11.0 Å². The van der Waals surface area contributed by atoms with Crippen molar-refractivity contribution in [2.24, 2.45) is 11.8 Å². The van der Waals surface area contributed by atoms with Crippen LogP contribution in [0.2, 0.25) is 5.28 Å². The SMILES string of the molecule is O=P(O)(O)CP(=O)(O)OC[C@H]1O[C@@H](n2ncc3c(N4C[C@H]5COC[C@H]5C4)nc(Cl)nc32)[C@H](O)[C@@]1(O)CO. The van der Waals surface area contributed by atoms with Crippen LogP contribution in [-0.4, -0.2) is 113 Å². The first-order chi connectivity index (χ1) is 17.3. The first kappa shape index (κ1) is 27.3. The van der Waals surface area contributed by atoms with E-state index < -0.39 is 58.3 Å². The molecule has 0 amide bonds. The van der Waals surface area contributed by atoms with E-state index in [9.17, 15) is 29.3 Å². The molecule has 206 valence electrons. The molecular formula is C18H26ClN5O11P2. The number of ether oxygens (including phenoxy) is 2. The van der Waals surface area contributed by atoms with Gasteiger partial charge in [-0.15, -0.1) is 0 Å². The number of rotatable bonds is 8. The Balaban J connectivity index is 1.42. The molecular weight excluding hydrogens is 560 g/mol. The van der Waals surface area contributed by atoms with Crippen LogP contribution in [-0.2, 0) is 23.1 Å². The third-order valence-electron chi connectivity index (χ3n) is 6.87. The van der Waals surface area contributed by atoms with Crippen LogP contribution >= 0.6 is 26.8 Å². The molecule has 0 aliphatic carbocycles. The van der Waals surface area contributed by atoms with E-state index in [2.05, 4.69) is 15.1 Å². The second kappa shape index (κ2) is 9.73. The quantitative estimate of drug-likeness (QED) is 0.159. The molecule has 3 fully saturated rings. The number of halogens is 1. The zero-order chi connectivity index (χ0) is 26.8. The topological polar surface area (TPSA) is 230 Å². The maximum Gasteiger partial charge on any atom is 0.340 e. The van der Waals surface area contributed by atoms with Crippen molar-refractivity contribution in [3.8, 4) is 0 Å². The average Bonchev–Trinajstić information content (AvgIpc) is 3.54. The van der Waals surface area contributed by atoms with Crippen molar-refractivity contribution < 1.29 is 53.1 Å². The average molecular weight is 586 g/mol. The van der Waals surface area contributed by atoms with Gasteiger partial charge in [-0.2, -0.15) is 15.1 Å². The molecule has 3 saturated heterocycles. The van der Waals surface area contributed by atoms with Gasteiger partial charge in [0, 0.05) is 24.9 Å². The summed E-state index contributed by atoms with van der Waals surface area (Å²) in [6.45, 7) is 0.787. The fourth-order valence-electron chi connectivity index (χ4n) is 5.00. The summed E-state index contributed by atoms with van der Waals surface area (Å²) in [6.07, 6.45) is -3.38. The van der Waals surface area contributed by atoms with Gasteiger partial charge in [-0.3, -0.25) is 9.13 Å². The Bertz CT molecular complexity index is 1270. The molecule has 6 N–H and O–H groups in total. The highest BCUT2D eigenvalue weighted by Gasteiger charge is 2.57. The lowest BCUT2D eigenvalue weighted by molar-refractivity contribution is -0.117. The number of aromatic nitrogens is 4. The van der Waals surface area contributed by atoms with Crippen LogP contribution in [0.1, 0.15) is 6.23 Å². The maximum absolute atomic E-state index is 12.0. The molecule has 3 aliphatic heterocycles. The van der Waals surface area contributed by atoms with E-state index in [1.807, 2.05) is 4.90 Å². The molecule has 1 unspecified atom stereocenters. The lowest BCUT2D eigenvalue weighted by Gasteiger charge is -2.28. The number of aliphatic hydroxyl groups excluding tert-OH is 2. The van der Waals surface area contributed by atoms with Crippen molar-refractivity contribution in [1.29, 1.82) is 0 Å². The third-order valence-corrected chi connectivity index (χ3v) is 10.5. The van der Waals surface area contributed by atoms with Crippen LogP contribution in [0.3, 0.4) is 0 Å². The minimum absolute atomic E-state index is 0.0963. The first-order valence-electron chi connectivity index (χ1n) is 11.2. The van der Waals surface area contributed by atoms with Gasteiger partial charge in [0.2, 0.25) is 5.28 Å². The predicted octanol–water partition coefficient (Wildman–Crippen LogP) is -1.12. The molecule has 5 rings (SSSR count). The number of anilines is 1. The highest BCUT2D eigenvalue weighted by atomic mass is 35.5. The molecule has 0 spiro atoms. The van der Waals surface area contributed by atoms with Gasteiger partial charge in [-0.1, -0.05) is 0 Å². The molecule has 2 aromatic heterocycles. The Labute approximate surface area is 214 Å². The first-order valence-corrected chi connectivity index (χ1v) is 15.2. The molecule has 16 nitrogen and oxygen atoms in total. The number of fused-ring (bicyclic) bond motifs is 2. The summed E-state index contributed by atoms with van der Waals surface area (Å²) in [4.78, 5) is 38.3. The van der Waals surface area contributed by atoms with Gasteiger partial charge in [-0.05, 0) is 11.6 Å². The van der Waals surface area contributed by atoms with Gasteiger partial charge in [0.25, 0.3) is 0 Å². The van der Waals surface area contributed by atoms with Crippen LogP contribution in [0.4, 0.5) is 5.82 Å². The fourth-order valence-corrected chi connectivity index (χ4v) is 7.72. The number of hydrogen-bond acceptors (Lipinski definition) is 12. The molecule has 0 radical (unpaired) electrons. The van der Waals surface area contributed by atoms with E-state index in [1.54, 1.807) is 0 Å². The van der Waals surface area contributed by atoms with E-state index >= 15 is 0 Å². The van der Waals surface area contributed by atoms with E-state index in [0.717, 1.165) is 4.68 Å². The number of nitrogens with zero attached hydrogens (tertiary/aromatic N) is 5. The molecule has 7 atom stereocenters. The summed E-state index contributed by atoms with van der Waals surface area (Å²) >= 11 is 6.21. The van der Waals surface area contributed by atoms with Crippen molar-refractivity contribution in [1.82, 2.24) is 19.7 Å². The zero-order valence-corrected chi connectivity index (χ0v) is 21.7. The summed E-state index contributed by atoms with van der Waals surface area (Å²) in [5.41, 5.74) is -2.21. The molecule has 3 aliphatic rings. The molecule has 0 aromatic carbocycles. The van der Waals surface area contributed by atoms with Gasteiger partial charge in [0.15, 0.2) is 17.8 Å². The van der Waals surface area contributed by atoms with Gasteiger partial charge in [0.1, 0.15) is 23.6 Å².